The summed E-state index contributed by atoms with van der Waals surface area (Å²) in [5.41, 5.74) is 2.15. The van der Waals surface area contributed by atoms with Crippen molar-refractivity contribution in [2.45, 2.75) is 84.5 Å². The maximum atomic E-state index is 12.5. The molecule has 2 radical (unpaired) electrons. The molecule has 134 valence electrons. The van der Waals surface area contributed by atoms with Gasteiger partial charge < -0.3 is 0 Å². The molecule has 0 bridgehead atoms. The van der Waals surface area contributed by atoms with Crippen LogP contribution in [0.3, 0.4) is 0 Å². The number of unbranched alkanes of at least 4 members (excludes halogenated alkanes) is 6. The number of carbonyl (C=O) groups excluding carboxylic acids is 3. The number of nitrogens with one attached hydrogen (secondary N) is 1. The summed E-state index contributed by atoms with van der Waals surface area (Å²) < 4.78 is 0. The Kier molecular flexibility index (Phi) is 9.73. The molecule has 24 heavy (non-hydrogen) atoms. The van der Waals surface area contributed by atoms with Crippen molar-refractivity contribution in [3.05, 3.63) is 0 Å². The zero-order valence-electron chi connectivity index (χ0n) is 15.2. The van der Waals surface area contributed by atoms with Gasteiger partial charge in [0, 0.05) is 6.42 Å². The average Bonchev–Trinajstić information content (AvgIpc) is 2.81. The van der Waals surface area contributed by atoms with Gasteiger partial charge >= 0.3 is 0 Å². The normalized spacial score (nSPS) is 18.9. The van der Waals surface area contributed by atoms with Crippen LogP contribution in [0.2, 0.25) is 0 Å². The van der Waals surface area contributed by atoms with Gasteiger partial charge in [0.25, 0.3) is 5.91 Å². The van der Waals surface area contributed by atoms with Crippen molar-refractivity contribution in [1.82, 2.24) is 10.4 Å². The number of hydrazine groups is 1. The minimum Gasteiger partial charge on any atom is -0.288 e. The quantitative estimate of drug-likeness (QED) is 0.336. The second kappa shape index (κ2) is 11.3. The van der Waals surface area contributed by atoms with Crippen molar-refractivity contribution >= 4 is 25.5 Å². The van der Waals surface area contributed by atoms with Crippen LogP contribution in [0.25, 0.3) is 0 Å². The van der Waals surface area contributed by atoms with Crippen LogP contribution in [0.4, 0.5) is 4.79 Å². The number of rotatable bonds is 12. The Labute approximate surface area is 147 Å². The van der Waals surface area contributed by atoms with Crippen LogP contribution >= 0.6 is 0 Å². The van der Waals surface area contributed by atoms with E-state index in [0.29, 0.717) is 0 Å². The fraction of sp³-hybridized carbons (Fsp3) is 0.833. The van der Waals surface area contributed by atoms with E-state index < -0.39 is 5.81 Å². The summed E-state index contributed by atoms with van der Waals surface area (Å²) in [6.45, 7) is 4.35. The van der Waals surface area contributed by atoms with Crippen molar-refractivity contribution < 1.29 is 14.4 Å². The minimum atomic E-state index is -0.876. The van der Waals surface area contributed by atoms with Gasteiger partial charge in [-0.25, -0.2) is 0 Å². The Morgan fingerprint density at radius 1 is 1.08 bits per heavy atom. The number of carbonyl (C=O) groups is 3. The van der Waals surface area contributed by atoms with Gasteiger partial charge in [-0.05, 0) is 18.8 Å². The van der Waals surface area contributed by atoms with E-state index in [1.54, 1.807) is 0 Å². The molecule has 1 N–H and O–H groups in total. The molecule has 1 aliphatic heterocycles. The molecular weight excluding hydrogens is 303 g/mol. The smallest absolute Gasteiger partial charge is 0.252 e. The third-order valence-corrected chi connectivity index (χ3v) is 4.83. The van der Waals surface area contributed by atoms with Crippen molar-refractivity contribution in [2.75, 3.05) is 0 Å². The standard InChI is InChI=1S/C18H31BN2O3/c1-3-5-7-8-10-12-14(11-9-6-4-2)15-13-16(22)21(17(15)23)20-18(19)24/h14-15H,3-13H2,1-2H3,(H,20,24). The molecule has 1 fully saturated rings. The number of imide groups is 1. The highest BCUT2D eigenvalue weighted by Crippen LogP contribution is 2.33. The molecule has 6 heteroatoms. The van der Waals surface area contributed by atoms with Crippen LogP contribution in [0, 0.1) is 11.8 Å². The number of hydrogen-bond acceptors (Lipinski definition) is 3. The van der Waals surface area contributed by atoms with Crippen molar-refractivity contribution in [2.24, 2.45) is 11.8 Å². The molecule has 1 saturated heterocycles. The third-order valence-electron chi connectivity index (χ3n) is 4.83. The summed E-state index contributed by atoms with van der Waals surface area (Å²) in [4.78, 5) is 35.5. The molecule has 2 atom stereocenters. The summed E-state index contributed by atoms with van der Waals surface area (Å²) in [5.74, 6) is -1.62. The zero-order chi connectivity index (χ0) is 17.9. The van der Waals surface area contributed by atoms with Crippen LogP contribution in [-0.4, -0.2) is 30.5 Å². The average molecular weight is 334 g/mol. The Morgan fingerprint density at radius 3 is 2.21 bits per heavy atom. The molecule has 0 aromatic carbocycles. The number of amides is 3. The first-order chi connectivity index (χ1) is 11.5. The van der Waals surface area contributed by atoms with Gasteiger partial charge in [-0.3, -0.25) is 19.8 Å². The topological polar surface area (TPSA) is 66.5 Å². The Balaban J connectivity index is 2.62. The van der Waals surface area contributed by atoms with E-state index in [1.165, 1.54) is 25.7 Å². The van der Waals surface area contributed by atoms with Crippen molar-refractivity contribution in [1.29, 1.82) is 0 Å². The van der Waals surface area contributed by atoms with E-state index in [4.69, 9.17) is 7.85 Å². The monoisotopic (exact) mass is 334 g/mol. The Morgan fingerprint density at radius 2 is 1.62 bits per heavy atom. The lowest BCUT2D eigenvalue weighted by molar-refractivity contribution is -0.142. The molecule has 1 aliphatic rings. The minimum absolute atomic E-state index is 0.185. The summed E-state index contributed by atoms with van der Waals surface area (Å²) in [5, 5.41) is 0.816. The largest absolute Gasteiger partial charge is 0.288 e. The number of hydrogen-bond donors (Lipinski definition) is 1. The lowest BCUT2D eigenvalue weighted by atomic mass is 9.82. The fourth-order valence-electron chi connectivity index (χ4n) is 3.46. The van der Waals surface area contributed by atoms with Gasteiger partial charge in [0.1, 0.15) is 0 Å². The maximum absolute atomic E-state index is 12.5. The van der Waals surface area contributed by atoms with Gasteiger partial charge in [-0.2, -0.15) is 5.01 Å². The van der Waals surface area contributed by atoms with Crippen molar-refractivity contribution in [3.8, 4) is 0 Å². The molecular formula is C18H31BN2O3. The summed E-state index contributed by atoms with van der Waals surface area (Å²) in [7, 11) is 5.05. The predicted octanol–water partition coefficient (Wildman–Crippen LogP) is 3.71. The van der Waals surface area contributed by atoms with Gasteiger partial charge in [0.05, 0.1) is 5.92 Å². The van der Waals surface area contributed by atoms with E-state index >= 15 is 0 Å². The second-order valence-corrected chi connectivity index (χ2v) is 6.81. The molecule has 1 heterocycles. The molecule has 1 rings (SSSR count). The number of nitrogens with zero attached hydrogens (tertiary/aromatic N) is 1. The third kappa shape index (κ3) is 6.66. The highest BCUT2D eigenvalue weighted by Gasteiger charge is 2.42. The van der Waals surface area contributed by atoms with E-state index in [0.717, 1.165) is 43.5 Å². The van der Waals surface area contributed by atoms with Crippen LogP contribution in [0.1, 0.15) is 84.5 Å². The lowest BCUT2D eigenvalue weighted by Crippen LogP contribution is -2.46. The van der Waals surface area contributed by atoms with Gasteiger partial charge in [0.2, 0.25) is 13.8 Å². The van der Waals surface area contributed by atoms with Gasteiger partial charge in [-0.15, -0.1) is 0 Å². The zero-order valence-corrected chi connectivity index (χ0v) is 15.2. The fourth-order valence-corrected chi connectivity index (χ4v) is 3.46. The van der Waals surface area contributed by atoms with Gasteiger partial charge in [0.15, 0.2) is 5.81 Å². The Hall–Kier alpha value is -1.33. The molecule has 2 unspecified atom stereocenters. The summed E-state index contributed by atoms with van der Waals surface area (Å²) >= 11 is 0. The predicted molar refractivity (Wildman–Crippen MR) is 95.3 cm³/mol. The first-order valence-corrected chi connectivity index (χ1v) is 9.44. The molecule has 0 saturated carbocycles. The van der Waals surface area contributed by atoms with Crippen LogP contribution in [0.15, 0.2) is 0 Å². The first kappa shape index (κ1) is 20.7. The van der Waals surface area contributed by atoms with Crippen LogP contribution < -0.4 is 5.43 Å². The Bertz CT molecular complexity index is 428. The molecule has 0 spiro atoms. The van der Waals surface area contributed by atoms with Crippen LogP contribution in [-0.2, 0) is 9.59 Å². The van der Waals surface area contributed by atoms with Gasteiger partial charge in [-0.1, -0.05) is 65.2 Å². The maximum Gasteiger partial charge on any atom is 0.252 e. The second-order valence-electron chi connectivity index (χ2n) is 6.81. The highest BCUT2D eigenvalue weighted by molar-refractivity contribution is 6.57. The van der Waals surface area contributed by atoms with E-state index in [2.05, 4.69) is 19.3 Å². The molecule has 3 amide bonds. The molecule has 0 aromatic rings. The van der Waals surface area contributed by atoms with Crippen molar-refractivity contribution in [3.63, 3.8) is 0 Å². The lowest BCUT2D eigenvalue weighted by Gasteiger charge is -2.22. The van der Waals surface area contributed by atoms with E-state index in [-0.39, 0.29) is 30.1 Å². The summed E-state index contributed by atoms with van der Waals surface area (Å²) in [6.07, 6.45) is 11.4. The first-order valence-electron chi connectivity index (χ1n) is 9.44. The van der Waals surface area contributed by atoms with E-state index in [1.807, 2.05) is 0 Å². The summed E-state index contributed by atoms with van der Waals surface area (Å²) in [6, 6.07) is 0. The molecule has 0 aromatic heterocycles. The SMILES string of the molecule is [B]C(=O)NN1C(=O)CC(C(CCCCC)CCCCCCC)C1=O. The van der Waals surface area contributed by atoms with E-state index in [9.17, 15) is 14.4 Å². The molecule has 0 aliphatic carbocycles. The molecule has 5 nitrogen and oxygen atoms in total. The van der Waals surface area contributed by atoms with Crippen LogP contribution in [0.5, 0.6) is 0 Å². The highest BCUT2D eigenvalue weighted by atomic mass is 16.2.